The fraction of sp³-hybridized carbons (Fsp3) is 0.526. The summed E-state index contributed by atoms with van der Waals surface area (Å²) in [4.78, 5) is 40.4. The summed E-state index contributed by atoms with van der Waals surface area (Å²) in [5.41, 5.74) is 0.560. The summed E-state index contributed by atoms with van der Waals surface area (Å²) in [5, 5.41) is 0. The molecule has 7 heteroatoms. The first kappa shape index (κ1) is 18.4. The van der Waals surface area contributed by atoms with Crippen LogP contribution in [-0.4, -0.2) is 55.5 Å². The zero-order valence-electron chi connectivity index (χ0n) is 15.1. The molecule has 140 valence electrons. The van der Waals surface area contributed by atoms with E-state index in [1.165, 1.54) is 4.90 Å². The largest absolute Gasteiger partial charge is 0.497 e. The highest BCUT2D eigenvalue weighted by atomic mass is 16.5. The van der Waals surface area contributed by atoms with Crippen molar-refractivity contribution in [2.45, 2.75) is 32.2 Å². The van der Waals surface area contributed by atoms with Crippen LogP contribution in [0.2, 0.25) is 0 Å². The van der Waals surface area contributed by atoms with E-state index in [4.69, 9.17) is 9.47 Å². The molecule has 2 aliphatic rings. The minimum atomic E-state index is -0.451. The van der Waals surface area contributed by atoms with E-state index >= 15 is 0 Å². The number of carbonyl (C=O) groups excluding carboxylic acids is 3. The van der Waals surface area contributed by atoms with Crippen molar-refractivity contribution in [3.05, 3.63) is 24.3 Å². The predicted molar refractivity (Wildman–Crippen MR) is 94.8 cm³/mol. The number of piperidine rings is 1. The zero-order chi connectivity index (χ0) is 18.7. The maximum atomic E-state index is 12.8. The van der Waals surface area contributed by atoms with Gasteiger partial charge in [0, 0.05) is 0 Å². The lowest BCUT2D eigenvalue weighted by atomic mass is 9.95. The SMILES string of the molecule is CCOC(=O)C1CCN([C@H]2CC(=O)N(c3ccc(OC)cc3)C2=O)CC1. The predicted octanol–water partition coefficient (Wildman–Crippen LogP) is 1.60. The minimum absolute atomic E-state index is 0.115. The highest BCUT2D eigenvalue weighted by Crippen LogP contribution is 2.29. The Kier molecular flexibility index (Phi) is 5.56. The number of ether oxygens (including phenoxy) is 2. The average Bonchev–Trinajstić information content (AvgIpc) is 2.96. The van der Waals surface area contributed by atoms with E-state index in [0.717, 1.165) is 0 Å². The molecule has 2 heterocycles. The number of nitrogens with zero attached hydrogens (tertiary/aromatic N) is 2. The first-order valence-corrected chi connectivity index (χ1v) is 8.96. The molecule has 0 spiro atoms. The Morgan fingerprint density at radius 2 is 1.81 bits per heavy atom. The third-order valence-corrected chi connectivity index (χ3v) is 5.04. The highest BCUT2D eigenvalue weighted by Gasteiger charge is 2.44. The Bertz CT molecular complexity index is 680. The van der Waals surface area contributed by atoms with Crippen molar-refractivity contribution >= 4 is 23.5 Å². The summed E-state index contributed by atoms with van der Waals surface area (Å²) in [6.45, 7) is 3.41. The van der Waals surface area contributed by atoms with Gasteiger partial charge in [-0.05, 0) is 57.1 Å². The van der Waals surface area contributed by atoms with Crippen molar-refractivity contribution in [1.82, 2.24) is 4.90 Å². The number of esters is 1. The molecule has 3 rings (SSSR count). The van der Waals surface area contributed by atoms with Crippen LogP contribution in [0, 0.1) is 5.92 Å². The van der Waals surface area contributed by atoms with Crippen LogP contribution in [0.15, 0.2) is 24.3 Å². The summed E-state index contributed by atoms with van der Waals surface area (Å²) < 4.78 is 10.2. The normalized spacial score (nSPS) is 21.9. The lowest BCUT2D eigenvalue weighted by Gasteiger charge is -2.33. The van der Waals surface area contributed by atoms with Crippen LogP contribution >= 0.6 is 0 Å². The third-order valence-electron chi connectivity index (χ3n) is 5.04. The van der Waals surface area contributed by atoms with Crippen molar-refractivity contribution in [3.63, 3.8) is 0 Å². The van der Waals surface area contributed by atoms with E-state index in [1.807, 2.05) is 4.90 Å². The molecule has 0 aliphatic carbocycles. The van der Waals surface area contributed by atoms with Crippen molar-refractivity contribution in [2.24, 2.45) is 5.92 Å². The number of benzene rings is 1. The first-order valence-electron chi connectivity index (χ1n) is 8.96. The Labute approximate surface area is 152 Å². The molecule has 1 aromatic carbocycles. The lowest BCUT2D eigenvalue weighted by Crippen LogP contribution is -2.47. The average molecular weight is 360 g/mol. The highest BCUT2D eigenvalue weighted by molar-refractivity contribution is 6.22. The first-order chi connectivity index (χ1) is 12.5. The van der Waals surface area contributed by atoms with Crippen molar-refractivity contribution in [1.29, 1.82) is 0 Å². The molecule has 0 unspecified atom stereocenters. The molecule has 26 heavy (non-hydrogen) atoms. The Morgan fingerprint density at radius 3 is 2.38 bits per heavy atom. The van der Waals surface area contributed by atoms with E-state index in [-0.39, 0.29) is 30.1 Å². The molecule has 1 atom stereocenters. The Hall–Kier alpha value is -2.41. The molecule has 0 radical (unpaired) electrons. The molecule has 0 saturated carbocycles. The van der Waals surface area contributed by atoms with Gasteiger partial charge in [0.15, 0.2) is 0 Å². The van der Waals surface area contributed by atoms with Crippen LogP contribution in [0.25, 0.3) is 0 Å². The quantitative estimate of drug-likeness (QED) is 0.586. The van der Waals surface area contributed by atoms with E-state index < -0.39 is 6.04 Å². The van der Waals surface area contributed by atoms with Gasteiger partial charge in [-0.15, -0.1) is 0 Å². The van der Waals surface area contributed by atoms with E-state index in [1.54, 1.807) is 38.3 Å². The van der Waals surface area contributed by atoms with Gasteiger partial charge in [0.05, 0.1) is 37.8 Å². The van der Waals surface area contributed by atoms with Crippen molar-refractivity contribution in [3.8, 4) is 5.75 Å². The molecule has 2 amide bonds. The summed E-state index contributed by atoms with van der Waals surface area (Å²) in [5.74, 6) is -0.00482. The number of hydrogen-bond donors (Lipinski definition) is 0. The minimum Gasteiger partial charge on any atom is -0.497 e. The number of anilines is 1. The number of carbonyl (C=O) groups is 3. The maximum Gasteiger partial charge on any atom is 0.309 e. The molecule has 0 bridgehead atoms. The van der Waals surface area contributed by atoms with Crippen LogP contribution in [0.3, 0.4) is 0 Å². The van der Waals surface area contributed by atoms with E-state index in [9.17, 15) is 14.4 Å². The fourth-order valence-electron chi connectivity index (χ4n) is 3.61. The Balaban J connectivity index is 1.65. The van der Waals surface area contributed by atoms with Gasteiger partial charge in [0.2, 0.25) is 5.91 Å². The Morgan fingerprint density at radius 1 is 1.15 bits per heavy atom. The van der Waals surface area contributed by atoms with Crippen molar-refractivity contribution in [2.75, 3.05) is 31.7 Å². The van der Waals surface area contributed by atoms with Crippen LogP contribution < -0.4 is 9.64 Å². The molecule has 7 nitrogen and oxygen atoms in total. The standard InChI is InChI=1S/C19H24N2O5/c1-3-26-19(24)13-8-10-20(11-9-13)16-12-17(22)21(18(16)23)14-4-6-15(25-2)7-5-14/h4-7,13,16H,3,8-12H2,1-2H3/t16-/m0/s1. The lowest BCUT2D eigenvalue weighted by molar-refractivity contribution is -0.149. The summed E-state index contributed by atoms with van der Waals surface area (Å²) >= 11 is 0. The monoisotopic (exact) mass is 360 g/mol. The molecule has 1 aromatic rings. The number of amides is 2. The van der Waals surface area contributed by atoms with E-state index in [2.05, 4.69) is 0 Å². The van der Waals surface area contributed by atoms with Crippen molar-refractivity contribution < 1.29 is 23.9 Å². The van der Waals surface area contributed by atoms with Gasteiger partial charge in [-0.3, -0.25) is 19.3 Å². The summed E-state index contributed by atoms with van der Waals surface area (Å²) in [7, 11) is 1.57. The second kappa shape index (κ2) is 7.86. The molecular formula is C19H24N2O5. The maximum absolute atomic E-state index is 12.8. The van der Waals surface area contributed by atoms with Gasteiger partial charge in [-0.1, -0.05) is 0 Å². The van der Waals surface area contributed by atoms with Gasteiger partial charge in [-0.25, -0.2) is 4.90 Å². The van der Waals surface area contributed by atoms with Gasteiger partial charge >= 0.3 is 5.97 Å². The number of hydrogen-bond acceptors (Lipinski definition) is 6. The molecule has 0 aromatic heterocycles. The van der Waals surface area contributed by atoms with Crippen LogP contribution in [0.5, 0.6) is 5.75 Å². The third kappa shape index (κ3) is 3.58. The number of likely N-dealkylation sites (tertiary alicyclic amines) is 1. The van der Waals surface area contributed by atoms with Gasteiger partial charge in [-0.2, -0.15) is 0 Å². The van der Waals surface area contributed by atoms with Gasteiger partial charge < -0.3 is 9.47 Å². The van der Waals surface area contributed by atoms with Gasteiger partial charge in [0.25, 0.3) is 5.91 Å². The van der Waals surface area contributed by atoms with Crippen LogP contribution in [-0.2, 0) is 19.1 Å². The summed E-state index contributed by atoms with van der Waals surface area (Å²) in [6, 6.07) is 6.43. The summed E-state index contributed by atoms with van der Waals surface area (Å²) in [6.07, 6.45) is 1.48. The number of imide groups is 1. The number of rotatable bonds is 5. The zero-order valence-corrected chi connectivity index (χ0v) is 15.1. The van der Waals surface area contributed by atoms with Crippen LogP contribution in [0.4, 0.5) is 5.69 Å². The molecule has 2 aliphatic heterocycles. The van der Waals surface area contributed by atoms with Gasteiger partial charge in [0.1, 0.15) is 5.75 Å². The molecular weight excluding hydrogens is 336 g/mol. The molecule has 2 saturated heterocycles. The fourth-order valence-corrected chi connectivity index (χ4v) is 3.61. The smallest absolute Gasteiger partial charge is 0.309 e. The molecule has 2 fully saturated rings. The van der Waals surface area contributed by atoms with E-state index in [0.29, 0.717) is 44.0 Å². The molecule has 0 N–H and O–H groups in total. The second-order valence-electron chi connectivity index (χ2n) is 6.55. The second-order valence-corrected chi connectivity index (χ2v) is 6.55. The topological polar surface area (TPSA) is 76.2 Å². The van der Waals surface area contributed by atoms with Crippen LogP contribution in [0.1, 0.15) is 26.2 Å². The number of methoxy groups -OCH3 is 1.